The minimum atomic E-state index is -3.33. The molecule has 0 radical (unpaired) electrons. The van der Waals surface area contributed by atoms with Crippen molar-refractivity contribution in [3.8, 4) is 5.75 Å². The number of amides is 1. The van der Waals surface area contributed by atoms with Gasteiger partial charge < -0.3 is 14.1 Å². The highest BCUT2D eigenvalue weighted by Crippen LogP contribution is 2.19. The molecule has 7 nitrogen and oxygen atoms in total. The Bertz CT molecular complexity index is 855. The summed E-state index contributed by atoms with van der Waals surface area (Å²) >= 11 is 0. The molecule has 2 heterocycles. The summed E-state index contributed by atoms with van der Waals surface area (Å²) in [6.07, 6.45) is 4.96. The van der Waals surface area contributed by atoms with Crippen molar-refractivity contribution in [3.63, 3.8) is 0 Å². The summed E-state index contributed by atoms with van der Waals surface area (Å²) in [5.41, 5.74) is 1.51. The first-order chi connectivity index (χ1) is 13.5. The first-order valence-corrected chi connectivity index (χ1v) is 11.0. The van der Waals surface area contributed by atoms with Crippen LogP contribution in [0.2, 0.25) is 0 Å². The lowest BCUT2D eigenvalue weighted by Gasteiger charge is -2.31. The van der Waals surface area contributed by atoms with Crippen LogP contribution in [0.5, 0.6) is 5.75 Å². The highest BCUT2D eigenvalue weighted by atomic mass is 32.2. The number of nitrogens with zero attached hydrogens (tertiary/aromatic N) is 1. The fourth-order valence-corrected chi connectivity index (χ4v) is 4.41. The van der Waals surface area contributed by atoms with Gasteiger partial charge in [-0.3, -0.25) is 4.79 Å². The molecule has 1 N–H and O–H groups in total. The fraction of sp³-hybridized carbons (Fsp3) is 0.450. The monoisotopic (exact) mass is 406 g/mol. The third-order valence-corrected chi connectivity index (χ3v) is 6.43. The third kappa shape index (κ3) is 5.59. The van der Waals surface area contributed by atoms with Crippen LogP contribution in [0, 0.1) is 5.92 Å². The quantitative estimate of drug-likeness (QED) is 0.727. The summed E-state index contributed by atoms with van der Waals surface area (Å²) in [6, 6.07) is 9.07. The largest absolute Gasteiger partial charge is 0.497 e. The van der Waals surface area contributed by atoms with Crippen molar-refractivity contribution in [2.24, 2.45) is 5.92 Å². The van der Waals surface area contributed by atoms with E-state index >= 15 is 0 Å². The van der Waals surface area contributed by atoms with Gasteiger partial charge in [0.2, 0.25) is 10.0 Å². The highest BCUT2D eigenvalue weighted by molar-refractivity contribution is 7.89. The van der Waals surface area contributed by atoms with Crippen LogP contribution in [0.25, 0.3) is 0 Å². The van der Waals surface area contributed by atoms with Gasteiger partial charge in [-0.1, -0.05) is 12.1 Å². The van der Waals surface area contributed by atoms with E-state index in [0.717, 1.165) is 24.2 Å². The van der Waals surface area contributed by atoms with Gasteiger partial charge >= 0.3 is 0 Å². The van der Waals surface area contributed by atoms with Crippen molar-refractivity contribution in [2.75, 3.05) is 32.5 Å². The zero-order chi connectivity index (χ0) is 20.0. The molecule has 0 saturated carbocycles. The van der Waals surface area contributed by atoms with Gasteiger partial charge in [-0.2, -0.15) is 0 Å². The topological polar surface area (TPSA) is 88.9 Å². The molecule has 0 spiro atoms. The lowest BCUT2D eigenvalue weighted by molar-refractivity contribution is 0.0691. The molecule has 0 atom stereocenters. The molecular formula is C20H26N2O5S. The van der Waals surface area contributed by atoms with Crippen LogP contribution in [0.4, 0.5) is 0 Å². The Balaban J connectivity index is 1.40. The van der Waals surface area contributed by atoms with Gasteiger partial charge in [-0.15, -0.1) is 0 Å². The van der Waals surface area contributed by atoms with E-state index in [0.29, 0.717) is 31.6 Å². The molecule has 1 aromatic heterocycles. The maximum atomic E-state index is 12.3. The van der Waals surface area contributed by atoms with Crippen LogP contribution in [-0.2, 0) is 16.4 Å². The van der Waals surface area contributed by atoms with Gasteiger partial charge in [-0.05, 0) is 48.9 Å². The van der Waals surface area contributed by atoms with Gasteiger partial charge in [-0.25, -0.2) is 13.1 Å². The van der Waals surface area contributed by atoms with Crippen molar-refractivity contribution >= 4 is 15.9 Å². The number of sulfonamides is 1. The summed E-state index contributed by atoms with van der Waals surface area (Å²) in [6.45, 7) is 1.67. The zero-order valence-corrected chi connectivity index (χ0v) is 16.8. The number of piperidine rings is 1. The molecule has 1 aliphatic rings. The van der Waals surface area contributed by atoms with E-state index < -0.39 is 10.0 Å². The average Bonchev–Trinajstić information content (AvgIpc) is 3.26. The third-order valence-electron chi connectivity index (χ3n) is 5.08. The lowest BCUT2D eigenvalue weighted by atomic mass is 9.97. The van der Waals surface area contributed by atoms with E-state index in [1.165, 1.54) is 12.5 Å². The summed E-state index contributed by atoms with van der Waals surface area (Å²) in [5, 5.41) is 0. The van der Waals surface area contributed by atoms with Gasteiger partial charge in [0.05, 0.1) is 24.7 Å². The Kier molecular flexibility index (Phi) is 6.74. The molecule has 2 aromatic rings. The number of hydrogen-bond donors (Lipinski definition) is 1. The van der Waals surface area contributed by atoms with E-state index in [1.807, 2.05) is 24.3 Å². The van der Waals surface area contributed by atoms with E-state index in [9.17, 15) is 13.2 Å². The van der Waals surface area contributed by atoms with Crippen molar-refractivity contribution in [1.29, 1.82) is 0 Å². The highest BCUT2D eigenvalue weighted by Gasteiger charge is 2.25. The van der Waals surface area contributed by atoms with Crippen molar-refractivity contribution < 1.29 is 22.4 Å². The molecule has 3 rings (SSSR count). The van der Waals surface area contributed by atoms with Crippen LogP contribution in [-0.4, -0.2) is 51.7 Å². The Hall–Kier alpha value is -2.32. The van der Waals surface area contributed by atoms with Crippen molar-refractivity contribution in [2.45, 2.75) is 19.3 Å². The molecule has 28 heavy (non-hydrogen) atoms. The number of nitrogens with one attached hydrogen (secondary N) is 1. The van der Waals surface area contributed by atoms with Crippen LogP contribution in [0.15, 0.2) is 47.3 Å². The van der Waals surface area contributed by atoms with Crippen LogP contribution in [0.1, 0.15) is 28.8 Å². The van der Waals surface area contributed by atoms with Crippen LogP contribution in [0.3, 0.4) is 0 Å². The molecular weight excluding hydrogens is 380 g/mol. The first kappa shape index (κ1) is 20.4. The van der Waals surface area contributed by atoms with Crippen molar-refractivity contribution in [1.82, 2.24) is 9.62 Å². The Labute approximate surface area is 165 Å². The van der Waals surface area contributed by atoms with Gasteiger partial charge in [0.1, 0.15) is 12.0 Å². The maximum Gasteiger partial charge on any atom is 0.257 e. The smallest absolute Gasteiger partial charge is 0.257 e. The number of rotatable bonds is 8. The molecule has 1 amide bonds. The average molecular weight is 407 g/mol. The summed E-state index contributed by atoms with van der Waals surface area (Å²) in [4.78, 5) is 14.1. The second kappa shape index (κ2) is 9.25. The Morgan fingerprint density at radius 2 is 1.93 bits per heavy atom. The number of hydrogen-bond acceptors (Lipinski definition) is 5. The standard InChI is InChI=1S/C20H26N2O5S/c1-26-19-4-2-16(3-5-19)9-13-28(24,25)21-14-17-6-10-22(11-7-17)20(23)18-8-12-27-15-18/h2-5,8,12,15,17,21H,6-7,9-11,13-14H2,1H3. The van der Waals surface area contributed by atoms with Gasteiger partial charge in [0.25, 0.3) is 5.91 Å². The molecule has 0 bridgehead atoms. The number of benzene rings is 1. The predicted octanol–water partition coefficient (Wildman–Crippen LogP) is 2.30. The number of likely N-dealkylation sites (tertiary alicyclic amines) is 1. The Morgan fingerprint density at radius 1 is 1.21 bits per heavy atom. The minimum absolute atomic E-state index is 0.0349. The lowest BCUT2D eigenvalue weighted by Crippen LogP contribution is -2.41. The zero-order valence-electron chi connectivity index (χ0n) is 16.0. The molecule has 0 aliphatic carbocycles. The molecule has 8 heteroatoms. The van der Waals surface area contributed by atoms with E-state index in [-0.39, 0.29) is 17.6 Å². The number of aryl methyl sites for hydroxylation is 1. The summed E-state index contributed by atoms with van der Waals surface area (Å²) in [5.74, 6) is 1.01. The number of furan rings is 1. The Morgan fingerprint density at radius 3 is 2.54 bits per heavy atom. The molecule has 1 aliphatic heterocycles. The van der Waals surface area contributed by atoms with Crippen LogP contribution >= 0.6 is 0 Å². The van der Waals surface area contributed by atoms with Gasteiger partial charge in [0.15, 0.2) is 0 Å². The van der Waals surface area contributed by atoms with Crippen LogP contribution < -0.4 is 9.46 Å². The van der Waals surface area contributed by atoms with Crippen molar-refractivity contribution in [3.05, 3.63) is 54.0 Å². The summed E-state index contributed by atoms with van der Waals surface area (Å²) < 4.78 is 37.4. The minimum Gasteiger partial charge on any atom is -0.497 e. The summed E-state index contributed by atoms with van der Waals surface area (Å²) in [7, 11) is -1.74. The second-order valence-electron chi connectivity index (χ2n) is 7.01. The number of carbonyl (C=O) groups excluding carboxylic acids is 1. The molecule has 1 aromatic carbocycles. The number of carbonyl (C=O) groups is 1. The molecule has 152 valence electrons. The molecule has 0 unspecified atom stereocenters. The predicted molar refractivity (Wildman–Crippen MR) is 106 cm³/mol. The molecule has 1 fully saturated rings. The van der Waals surface area contributed by atoms with E-state index in [4.69, 9.17) is 9.15 Å². The van der Waals surface area contributed by atoms with E-state index in [2.05, 4.69) is 4.72 Å². The number of methoxy groups -OCH3 is 1. The molecule has 1 saturated heterocycles. The maximum absolute atomic E-state index is 12.3. The fourth-order valence-electron chi connectivity index (χ4n) is 3.27. The normalized spacial score (nSPS) is 15.5. The van der Waals surface area contributed by atoms with Gasteiger partial charge in [0, 0.05) is 19.6 Å². The van der Waals surface area contributed by atoms with E-state index in [1.54, 1.807) is 18.1 Å². The second-order valence-corrected chi connectivity index (χ2v) is 8.94. The number of ether oxygens (including phenoxy) is 1. The first-order valence-electron chi connectivity index (χ1n) is 9.38. The SMILES string of the molecule is COc1ccc(CCS(=O)(=O)NCC2CCN(C(=O)c3ccoc3)CC2)cc1.